The standard InChI is InChI=1S/C40H52N6O7/c1-24(2)34-39(51)42-31(20-27-10-8-7-9-11-27)23-53-32-18-14-28(15-19-32)21-33(43-37(49)30-16-12-29(13-17-30)22-46(5)6)38(50)41-25(3)36(48)45-35(26(4)47)40(52)44-34/h7-19,24-26,31,33-35,47H,20-23H2,1-6H3,(H,41,50)(H,42,51)(H,43,49)(H,44,52)(H,45,48)/t25-,26-,31+,33+,34-,35+/m1/s1. The van der Waals surface area contributed by atoms with Crippen molar-refractivity contribution in [1.82, 2.24) is 31.5 Å². The van der Waals surface area contributed by atoms with E-state index in [-0.39, 0.29) is 18.9 Å². The number of nitrogens with one attached hydrogen (secondary N) is 5. The molecule has 0 spiro atoms. The molecule has 2 aliphatic rings. The van der Waals surface area contributed by atoms with E-state index < -0.39 is 65.8 Å². The van der Waals surface area contributed by atoms with Crippen LogP contribution in [0.4, 0.5) is 0 Å². The summed E-state index contributed by atoms with van der Waals surface area (Å²) < 4.78 is 6.13. The van der Waals surface area contributed by atoms with Gasteiger partial charge in [0.1, 0.15) is 36.5 Å². The number of fused-ring (bicyclic) bond motifs is 17. The van der Waals surface area contributed by atoms with Crippen molar-refractivity contribution < 1.29 is 33.8 Å². The average molecular weight is 729 g/mol. The molecular formula is C40H52N6O7. The Bertz CT molecular complexity index is 1700. The van der Waals surface area contributed by atoms with Gasteiger partial charge in [0.2, 0.25) is 23.6 Å². The molecule has 2 aliphatic heterocycles. The molecule has 6 atom stereocenters. The summed E-state index contributed by atoms with van der Waals surface area (Å²) in [6.07, 6.45) is -0.802. The summed E-state index contributed by atoms with van der Waals surface area (Å²) in [6.45, 7) is 7.13. The van der Waals surface area contributed by atoms with E-state index in [0.717, 1.165) is 11.1 Å². The Morgan fingerprint density at radius 1 is 0.792 bits per heavy atom. The first kappa shape index (κ1) is 40.5. The number of benzene rings is 3. The molecule has 0 aliphatic carbocycles. The van der Waals surface area contributed by atoms with Crippen LogP contribution in [0.2, 0.25) is 0 Å². The van der Waals surface area contributed by atoms with Gasteiger partial charge in [-0.1, -0.05) is 68.4 Å². The van der Waals surface area contributed by atoms with E-state index in [9.17, 15) is 29.1 Å². The van der Waals surface area contributed by atoms with Crippen LogP contribution >= 0.6 is 0 Å². The van der Waals surface area contributed by atoms with E-state index in [0.29, 0.717) is 29.8 Å². The third-order valence-electron chi connectivity index (χ3n) is 8.88. The van der Waals surface area contributed by atoms with Crippen LogP contribution in [0.25, 0.3) is 0 Å². The Morgan fingerprint density at radius 3 is 2.02 bits per heavy atom. The minimum Gasteiger partial charge on any atom is -0.491 e. The van der Waals surface area contributed by atoms with Crippen LogP contribution in [-0.4, -0.2) is 96.6 Å². The Labute approximate surface area is 311 Å². The Kier molecular flexibility index (Phi) is 14.5. The zero-order chi connectivity index (χ0) is 38.7. The molecule has 0 saturated heterocycles. The van der Waals surface area contributed by atoms with Crippen LogP contribution < -0.4 is 31.3 Å². The van der Waals surface area contributed by atoms with Gasteiger partial charge >= 0.3 is 0 Å². The van der Waals surface area contributed by atoms with Gasteiger partial charge in [-0.05, 0) is 81.2 Å². The number of aliphatic hydroxyl groups excluding tert-OH is 1. The van der Waals surface area contributed by atoms with Crippen LogP contribution in [0.3, 0.4) is 0 Å². The summed E-state index contributed by atoms with van der Waals surface area (Å²) in [5.41, 5.74) is 3.07. The van der Waals surface area contributed by atoms with Gasteiger partial charge in [-0.3, -0.25) is 24.0 Å². The fourth-order valence-electron chi connectivity index (χ4n) is 5.91. The Hall–Kier alpha value is -5.27. The van der Waals surface area contributed by atoms with Crippen molar-refractivity contribution in [1.29, 1.82) is 0 Å². The molecule has 0 aromatic heterocycles. The highest BCUT2D eigenvalue weighted by Gasteiger charge is 2.34. The van der Waals surface area contributed by atoms with E-state index in [1.54, 1.807) is 50.2 Å². The van der Waals surface area contributed by atoms with Gasteiger partial charge in [-0.2, -0.15) is 0 Å². The van der Waals surface area contributed by atoms with Crippen LogP contribution in [0.1, 0.15) is 54.7 Å². The minimum absolute atomic E-state index is 0.0902. The van der Waals surface area contributed by atoms with Crippen molar-refractivity contribution in [2.45, 2.75) is 83.4 Å². The normalized spacial score (nSPS) is 22.5. The second kappa shape index (κ2) is 19.0. The molecule has 3 aromatic carbocycles. The molecular weight excluding hydrogens is 676 g/mol. The summed E-state index contributed by atoms with van der Waals surface area (Å²) in [6, 6.07) is 18.6. The predicted molar refractivity (Wildman–Crippen MR) is 201 cm³/mol. The summed E-state index contributed by atoms with van der Waals surface area (Å²) in [5, 5.41) is 24.2. The molecule has 0 radical (unpaired) electrons. The topological polar surface area (TPSA) is 178 Å². The number of hydrogen-bond donors (Lipinski definition) is 6. The number of amides is 5. The van der Waals surface area contributed by atoms with E-state index in [2.05, 4.69) is 26.6 Å². The largest absolute Gasteiger partial charge is 0.491 e. The van der Waals surface area contributed by atoms with Crippen LogP contribution in [0, 0.1) is 5.92 Å². The van der Waals surface area contributed by atoms with Crippen molar-refractivity contribution in [3.8, 4) is 5.75 Å². The number of hydrogen-bond acceptors (Lipinski definition) is 8. The maximum Gasteiger partial charge on any atom is 0.251 e. The maximum atomic E-state index is 13.7. The quantitative estimate of drug-likeness (QED) is 0.190. The van der Waals surface area contributed by atoms with E-state index in [4.69, 9.17) is 4.74 Å². The van der Waals surface area contributed by atoms with Crippen LogP contribution in [0.15, 0.2) is 78.9 Å². The molecule has 6 N–H and O–H groups in total. The summed E-state index contributed by atoms with van der Waals surface area (Å²) in [7, 11) is 3.90. The average Bonchev–Trinajstić information content (AvgIpc) is 3.11. The van der Waals surface area contributed by atoms with Crippen molar-refractivity contribution in [3.63, 3.8) is 0 Å². The maximum absolute atomic E-state index is 13.7. The highest BCUT2D eigenvalue weighted by atomic mass is 16.5. The molecule has 284 valence electrons. The minimum atomic E-state index is -1.44. The second-order valence-electron chi connectivity index (χ2n) is 14.2. The highest BCUT2D eigenvalue weighted by Crippen LogP contribution is 2.16. The molecule has 5 amide bonds. The zero-order valence-corrected chi connectivity index (χ0v) is 31.2. The number of rotatable bonds is 8. The van der Waals surface area contributed by atoms with E-state index in [1.807, 2.05) is 61.5 Å². The number of nitrogens with zero attached hydrogens (tertiary/aromatic N) is 1. The van der Waals surface area contributed by atoms with Gasteiger partial charge in [-0.25, -0.2) is 0 Å². The van der Waals surface area contributed by atoms with E-state index in [1.165, 1.54) is 13.8 Å². The van der Waals surface area contributed by atoms with Gasteiger partial charge in [-0.15, -0.1) is 0 Å². The van der Waals surface area contributed by atoms with Crippen molar-refractivity contribution >= 4 is 29.5 Å². The summed E-state index contributed by atoms with van der Waals surface area (Å²) >= 11 is 0. The van der Waals surface area contributed by atoms with Crippen molar-refractivity contribution in [2.24, 2.45) is 5.92 Å². The third-order valence-corrected chi connectivity index (χ3v) is 8.88. The molecule has 0 fully saturated rings. The molecule has 53 heavy (non-hydrogen) atoms. The Morgan fingerprint density at radius 2 is 1.42 bits per heavy atom. The molecule has 13 nitrogen and oxygen atoms in total. The SMILES string of the molecule is CC(C)[C@H]1NC(=O)[C@H]([C@@H](C)O)NC(=O)[C@@H](C)NC(=O)[C@@H](NC(=O)c2ccc(CN(C)C)cc2)Cc2ccc(cc2)OC[C@H](Cc2ccccc2)NC1=O. The summed E-state index contributed by atoms with van der Waals surface area (Å²) in [4.78, 5) is 69.6. The van der Waals surface area contributed by atoms with Gasteiger partial charge in [0.05, 0.1) is 12.1 Å². The summed E-state index contributed by atoms with van der Waals surface area (Å²) in [5.74, 6) is -2.89. The highest BCUT2D eigenvalue weighted by molar-refractivity contribution is 5.99. The number of ether oxygens (including phenoxy) is 1. The first-order valence-electron chi connectivity index (χ1n) is 17.9. The molecule has 0 unspecified atom stereocenters. The predicted octanol–water partition coefficient (Wildman–Crippen LogP) is 1.72. The lowest BCUT2D eigenvalue weighted by Crippen LogP contribution is -2.61. The van der Waals surface area contributed by atoms with Crippen molar-refractivity contribution in [3.05, 3.63) is 101 Å². The van der Waals surface area contributed by atoms with Gasteiger partial charge in [0.15, 0.2) is 0 Å². The molecule has 0 saturated carbocycles. The van der Waals surface area contributed by atoms with E-state index >= 15 is 0 Å². The monoisotopic (exact) mass is 728 g/mol. The van der Waals surface area contributed by atoms with Crippen LogP contribution in [0.5, 0.6) is 5.75 Å². The third kappa shape index (κ3) is 12.1. The lowest BCUT2D eigenvalue weighted by Gasteiger charge is -2.29. The molecule has 5 rings (SSSR count). The van der Waals surface area contributed by atoms with Gasteiger partial charge < -0.3 is 41.3 Å². The Balaban J connectivity index is 1.64. The van der Waals surface area contributed by atoms with Gasteiger partial charge in [0, 0.05) is 18.5 Å². The zero-order valence-electron chi connectivity index (χ0n) is 31.2. The van der Waals surface area contributed by atoms with Gasteiger partial charge in [0.25, 0.3) is 5.91 Å². The lowest BCUT2D eigenvalue weighted by molar-refractivity contribution is -0.136. The van der Waals surface area contributed by atoms with Crippen molar-refractivity contribution in [2.75, 3.05) is 20.7 Å². The molecule has 3 aromatic rings. The number of aliphatic hydroxyl groups is 1. The first-order valence-corrected chi connectivity index (χ1v) is 17.9. The molecule has 13 heteroatoms. The first-order chi connectivity index (χ1) is 25.2. The van der Waals surface area contributed by atoms with Crippen LogP contribution in [-0.2, 0) is 38.6 Å². The number of carbonyl (C=O) groups excluding carboxylic acids is 5. The molecule has 2 bridgehead atoms. The fraction of sp³-hybridized carbons (Fsp3) is 0.425. The fourth-order valence-corrected chi connectivity index (χ4v) is 5.91. The second-order valence-corrected chi connectivity index (χ2v) is 14.2. The lowest BCUT2D eigenvalue weighted by atomic mass is 10.0. The molecule has 2 heterocycles. The smallest absolute Gasteiger partial charge is 0.251 e. The number of carbonyl (C=O) groups is 5.